The maximum Gasteiger partial charge on any atom is 0.251 e. The Labute approximate surface area is 143 Å². The molecule has 0 radical (unpaired) electrons. The number of aromatic hydroxyl groups is 2. The molecule has 0 saturated carbocycles. The van der Waals surface area contributed by atoms with Crippen LogP contribution in [0.1, 0.15) is 20.9 Å². The van der Waals surface area contributed by atoms with Gasteiger partial charge in [0.1, 0.15) is 5.01 Å². The number of carbonyl (C=O) groups excluding carboxylic acids is 1. The number of nitrogens with one attached hydrogen (secondary N) is 1. The van der Waals surface area contributed by atoms with E-state index >= 15 is 0 Å². The molecule has 2 aromatic carbocycles. The number of aromatic nitrogens is 1. The number of phenolic OH excluding ortho intramolecular Hbond substituents is 2. The summed E-state index contributed by atoms with van der Waals surface area (Å²) in [7, 11) is 0. The molecule has 0 aliphatic rings. The molecule has 1 heterocycles. The number of hydrogen-bond donors (Lipinski definition) is 3. The van der Waals surface area contributed by atoms with Crippen LogP contribution in [-0.2, 0) is 6.54 Å². The van der Waals surface area contributed by atoms with Gasteiger partial charge in [-0.3, -0.25) is 4.79 Å². The van der Waals surface area contributed by atoms with Crippen molar-refractivity contribution in [2.45, 2.75) is 13.5 Å². The Hall–Kier alpha value is -2.86. The molecule has 0 aliphatic carbocycles. The van der Waals surface area contributed by atoms with Crippen LogP contribution in [0.3, 0.4) is 0 Å². The highest BCUT2D eigenvalue weighted by molar-refractivity contribution is 7.09. The molecule has 0 fully saturated rings. The van der Waals surface area contributed by atoms with E-state index in [0.717, 1.165) is 10.6 Å². The SMILES string of the molecule is Cc1ccccc1C(=O)NCc1nc(-c2ccc(O)c(O)c2)cs1. The van der Waals surface area contributed by atoms with Crippen LogP contribution in [0.4, 0.5) is 0 Å². The number of phenols is 2. The highest BCUT2D eigenvalue weighted by atomic mass is 32.1. The van der Waals surface area contributed by atoms with Gasteiger partial charge in [0.15, 0.2) is 11.5 Å². The molecule has 1 aromatic heterocycles. The molecule has 0 aliphatic heterocycles. The Bertz CT molecular complexity index is 889. The van der Waals surface area contributed by atoms with Gasteiger partial charge in [0.2, 0.25) is 0 Å². The van der Waals surface area contributed by atoms with Crippen LogP contribution in [0, 0.1) is 6.92 Å². The molecule has 0 bridgehead atoms. The molecule has 1 amide bonds. The lowest BCUT2D eigenvalue weighted by atomic mass is 10.1. The predicted molar refractivity (Wildman–Crippen MR) is 93.2 cm³/mol. The minimum absolute atomic E-state index is 0.132. The van der Waals surface area contributed by atoms with Gasteiger partial charge in [-0.05, 0) is 36.8 Å². The van der Waals surface area contributed by atoms with Crippen molar-refractivity contribution < 1.29 is 15.0 Å². The quantitative estimate of drug-likeness (QED) is 0.635. The number of aryl methyl sites for hydroxylation is 1. The normalized spacial score (nSPS) is 10.5. The van der Waals surface area contributed by atoms with E-state index in [-0.39, 0.29) is 17.4 Å². The highest BCUT2D eigenvalue weighted by Crippen LogP contribution is 2.31. The van der Waals surface area contributed by atoms with Gasteiger partial charge in [-0.1, -0.05) is 18.2 Å². The lowest BCUT2D eigenvalue weighted by Crippen LogP contribution is -2.23. The first kappa shape index (κ1) is 16.0. The van der Waals surface area contributed by atoms with Crippen molar-refractivity contribution in [2.75, 3.05) is 0 Å². The van der Waals surface area contributed by atoms with Crippen LogP contribution in [-0.4, -0.2) is 21.1 Å². The lowest BCUT2D eigenvalue weighted by Gasteiger charge is -2.05. The maximum absolute atomic E-state index is 12.2. The minimum atomic E-state index is -0.185. The summed E-state index contributed by atoms with van der Waals surface area (Å²) < 4.78 is 0. The first-order valence-corrected chi connectivity index (χ1v) is 8.23. The summed E-state index contributed by atoms with van der Waals surface area (Å²) in [5, 5.41) is 24.4. The van der Waals surface area contributed by atoms with Gasteiger partial charge in [0.05, 0.1) is 12.2 Å². The molecule has 3 N–H and O–H groups in total. The zero-order valence-corrected chi connectivity index (χ0v) is 13.8. The van der Waals surface area contributed by atoms with Gasteiger partial charge < -0.3 is 15.5 Å². The monoisotopic (exact) mass is 340 g/mol. The van der Waals surface area contributed by atoms with Crippen molar-refractivity contribution in [3.63, 3.8) is 0 Å². The second-order valence-corrected chi connectivity index (χ2v) is 6.27. The Morgan fingerprint density at radius 1 is 1.17 bits per heavy atom. The average molecular weight is 340 g/mol. The molecule has 0 spiro atoms. The summed E-state index contributed by atoms with van der Waals surface area (Å²) >= 11 is 1.43. The Balaban J connectivity index is 1.69. The van der Waals surface area contributed by atoms with Crippen molar-refractivity contribution in [3.05, 3.63) is 64.0 Å². The summed E-state index contributed by atoms with van der Waals surface area (Å²) in [6.45, 7) is 2.23. The average Bonchev–Trinajstić information content (AvgIpc) is 3.04. The van der Waals surface area contributed by atoms with Crippen LogP contribution in [0.15, 0.2) is 47.8 Å². The van der Waals surface area contributed by atoms with Gasteiger partial charge in [0.25, 0.3) is 5.91 Å². The number of thiazole rings is 1. The Morgan fingerprint density at radius 2 is 1.96 bits per heavy atom. The minimum Gasteiger partial charge on any atom is -0.504 e. The van der Waals surface area contributed by atoms with Crippen LogP contribution in [0.25, 0.3) is 11.3 Å². The van der Waals surface area contributed by atoms with Crippen molar-refractivity contribution in [2.24, 2.45) is 0 Å². The zero-order valence-electron chi connectivity index (χ0n) is 13.0. The predicted octanol–water partition coefficient (Wildman–Crippen LogP) is 3.46. The summed E-state index contributed by atoms with van der Waals surface area (Å²) in [5.74, 6) is -0.485. The van der Waals surface area contributed by atoms with E-state index in [1.807, 2.05) is 30.5 Å². The number of hydrogen-bond acceptors (Lipinski definition) is 5. The fourth-order valence-corrected chi connectivity index (χ4v) is 3.03. The third kappa shape index (κ3) is 3.38. The van der Waals surface area contributed by atoms with Crippen molar-refractivity contribution >= 4 is 17.2 Å². The van der Waals surface area contributed by atoms with Crippen LogP contribution in [0.5, 0.6) is 11.5 Å². The molecule has 5 nitrogen and oxygen atoms in total. The van der Waals surface area contributed by atoms with Crippen LogP contribution in [0.2, 0.25) is 0 Å². The molecule has 3 rings (SSSR count). The van der Waals surface area contributed by atoms with Gasteiger partial charge in [0, 0.05) is 16.5 Å². The number of amides is 1. The van der Waals surface area contributed by atoms with Crippen molar-refractivity contribution in [3.8, 4) is 22.8 Å². The summed E-state index contributed by atoms with van der Waals surface area (Å²) in [6.07, 6.45) is 0. The summed E-state index contributed by atoms with van der Waals surface area (Å²) in [6, 6.07) is 12.0. The second kappa shape index (κ2) is 6.72. The van der Waals surface area contributed by atoms with Crippen molar-refractivity contribution in [1.82, 2.24) is 10.3 Å². The Kier molecular flexibility index (Phi) is 4.48. The smallest absolute Gasteiger partial charge is 0.251 e. The molecule has 122 valence electrons. The summed E-state index contributed by atoms with van der Waals surface area (Å²) in [5.41, 5.74) is 2.97. The largest absolute Gasteiger partial charge is 0.504 e. The fourth-order valence-electron chi connectivity index (χ4n) is 2.29. The molecule has 0 atom stereocenters. The van der Waals surface area contributed by atoms with Crippen molar-refractivity contribution in [1.29, 1.82) is 0 Å². The number of nitrogens with zero attached hydrogens (tertiary/aromatic N) is 1. The third-order valence-corrected chi connectivity index (χ3v) is 4.46. The van der Waals surface area contributed by atoms with Gasteiger partial charge in [-0.2, -0.15) is 0 Å². The van der Waals surface area contributed by atoms with E-state index in [1.165, 1.54) is 23.5 Å². The fraction of sp³-hybridized carbons (Fsp3) is 0.111. The van der Waals surface area contributed by atoms with E-state index in [1.54, 1.807) is 12.1 Å². The molecular formula is C18H16N2O3S. The standard InChI is InChI=1S/C18H16N2O3S/c1-11-4-2-3-5-13(11)18(23)19-9-17-20-14(10-24-17)12-6-7-15(21)16(22)8-12/h2-8,10,21-22H,9H2,1H3,(H,19,23). The van der Waals surface area contributed by atoms with Gasteiger partial charge >= 0.3 is 0 Å². The van der Waals surface area contributed by atoms with Crippen LogP contribution < -0.4 is 5.32 Å². The number of carbonyl (C=O) groups is 1. The first-order valence-electron chi connectivity index (χ1n) is 7.35. The molecule has 3 aromatic rings. The van der Waals surface area contributed by atoms with E-state index < -0.39 is 0 Å². The maximum atomic E-state index is 12.2. The molecular weight excluding hydrogens is 324 g/mol. The van der Waals surface area contributed by atoms with E-state index in [9.17, 15) is 15.0 Å². The van der Waals surface area contributed by atoms with Gasteiger partial charge in [-0.25, -0.2) is 4.98 Å². The number of benzene rings is 2. The topological polar surface area (TPSA) is 82.5 Å². The second-order valence-electron chi connectivity index (χ2n) is 5.33. The van der Waals surface area contributed by atoms with Gasteiger partial charge in [-0.15, -0.1) is 11.3 Å². The van der Waals surface area contributed by atoms with E-state index in [4.69, 9.17) is 0 Å². The van der Waals surface area contributed by atoms with Crippen LogP contribution >= 0.6 is 11.3 Å². The highest BCUT2D eigenvalue weighted by Gasteiger charge is 2.10. The Morgan fingerprint density at radius 3 is 2.71 bits per heavy atom. The third-order valence-electron chi connectivity index (χ3n) is 3.61. The van der Waals surface area contributed by atoms with E-state index in [2.05, 4.69) is 10.3 Å². The number of rotatable bonds is 4. The molecule has 24 heavy (non-hydrogen) atoms. The summed E-state index contributed by atoms with van der Waals surface area (Å²) in [4.78, 5) is 16.7. The lowest BCUT2D eigenvalue weighted by molar-refractivity contribution is 0.0950. The molecule has 0 unspecified atom stereocenters. The van der Waals surface area contributed by atoms with E-state index in [0.29, 0.717) is 23.4 Å². The molecule has 6 heteroatoms. The molecule has 0 saturated heterocycles. The first-order chi connectivity index (χ1) is 11.5. The zero-order chi connectivity index (χ0) is 17.1.